The van der Waals surface area contributed by atoms with Crippen LogP contribution in [0.2, 0.25) is 0 Å². The van der Waals surface area contributed by atoms with E-state index in [1.165, 1.54) is 19.4 Å². The van der Waals surface area contributed by atoms with E-state index in [4.69, 9.17) is 4.74 Å². The van der Waals surface area contributed by atoms with Crippen molar-refractivity contribution in [3.8, 4) is 5.75 Å². The third-order valence-corrected chi connectivity index (χ3v) is 4.09. The summed E-state index contributed by atoms with van der Waals surface area (Å²) in [4.78, 5) is 14.7. The van der Waals surface area contributed by atoms with E-state index in [0.29, 0.717) is 6.61 Å². The number of ether oxygens (including phenoxy) is 1. The Kier molecular flexibility index (Phi) is 3.56. The molecule has 1 unspecified atom stereocenters. The molecular formula is C16H21NO2. The number of para-hydroxylation sites is 1. The third kappa shape index (κ3) is 2.98. The van der Waals surface area contributed by atoms with E-state index in [0.717, 1.165) is 30.2 Å². The van der Waals surface area contributed by atoms with Crippen molar-refractivity contribution >= 4 is 5.78 Å². The highest BCUT2D eigenvalue weighted by molar-refractivity contribution is 6.01. The molecule has 1 aromatic rings. The van der Waals surface area contributed by atoms with E-state index in [1.807, 2.05) is 24.3 Å². The van der Waals surface area contributed by atoms with Gasteiger partial charge in [0, 0.05) is 6.54 Å². The van der Waals surface area contributed by atoms with Crippen LogP contribution in [0, 0.1) is 11.8 Å². The normalized spacial score (nSPS) is 22.2. The second kappa shape index (κ2) is 5.33. The van der Waals surface area contributed by atoms with Crippen LogP contribution in [0.1, 0.15) is 29.6 Å². The SMILES string of the molecule is CN(CCC1COc2ccccc2C1=O)CC1CC1. The zero-order chi connectivity index (χ0) is 13.2. The number of fused-ring (bicyclic) bond motifs is 1. The molecular weight excluding hydrogens is 238 g/mol. The molecule has 0 aromatic heterocycles. The molecule has 102 valence electrons. The van der Waals surface area contributed by atoms with Gasteiger partial charge in [0.15, 0.2) is 5.78 Å². The molecule has 0 amide bonds. The van der Waals surface area contributed by atoms with Gasteiger partial charge < -0.3 is 9.64 Å². The van der Waals surface area contributed by atoms with Crippen molar-refractivity contribution in [2.45, 2.75) is 19.3 Å². The van der Waals surface area contributed by atoms with Crippen molar-refractivity contribution in [2.24, 2.45) is 11.8 Å². The minimum absolute atomic E-state index is 0.0246. The fourth-order valence-electron chi connectivity index (χ4n) is 2.71. The summed E-state index contributed by atoms with van der Waals surface area (Å²) in [5.74, 6) is 1.93. The first-order valence-corrected chi connectivity index (χ1v) is 7.18. The Morgan fingerprint density at radius 3 is 2.89 bits per heavy atom. The molecule has 1 saturated carbocycles. The third-order valence-electron chi connectivity index (χ3n) is 4.09. The molecule has 1 heterocycles. The van der Waals surface area contributed by atoms with Crippen LogP contribution in [0.15, 0.2) is 24.3 Å². The molecule has 3 heteroatoms. The summed E-state index contributed by atoms with van der Waals surface area (Å²) in [6.45, 7) is 2.70. The highest BCUT2D eigenvalue weighted by Gasteiger charge is 2.29. The van der Waals surface area contributed by atoms with Gasteiger partial charge in [-0.15, -0.1) is 0 Å². The molecule has 0 N–H and O–H groups in total. The van der Waals surface area contributed by atoms with Gasteiger partial charge in [-0.05, 0) is 50.9 Å². The van der Waals surface area contributed by atoms with Gasteiger partial charge in [0.1, 0.15) is 5.75 Å². The zero-order valence-electron chi connectivity index (χ0n) is 11.5. The molecule has 1 atom stereocenters. The molecule has 0 radical (unpaired) electrons. The van der Waals surface area contributed by atoms with Gasteiger partial charge in [0.05, 0.1) is 18.1 Å². The van der Waals surface area contributed by atoms with E-state index in [-0.39, 0.29) is 11.7 Å². The number of nitrogens with zero attached hydrogens (tertiary/aromatic N) is 1. The molecule has 3 nitrogen and oxygen atoms in total. The summed E-state index contributed by atoms with van der Waals surface area (Å²) in [5.41, 5.74) is 0.753. The summed E-state index contributed by atoms with van der Waals surface area (Å²) in [7, 11) is 2.15. The number of ketones is 1. The number of carbonyl (C=O) groups excluding carboxylic acids is 1. The van der Waals surface area contributed by atoms with E-state index >= 15 is 0 Å². The lowest BCUT2D eigenvalue weighted by atomic mass is 9.92. The molecule has 1 aliphatic heterocycles. The van der Waals surface area contributed by atoms with E-state index in [9.17, 15) is 4.79 Å². The topological polar surface area (TPSA) is 29.5 Å². The quantitative estimate of drug-likeness (QED) is 0.814. The highest BCUT2D eigenvalue weighted by atomic mass is 16.5. The summed E-state index contributed by atoms with van der Waals surface area (Å²) in [6, 6.07) is 7.57. The van der Waals surface area contributed by atoms with E-state index < -0.39 is 0 Å². The molecule has 1 fully saturated rings. The van der Waals surface area contributed by atoms with Crippen molar-refractivity contribution in [2.75, 3.05) is 26.7 Å². The fourth-order valence-corrected chi connectivity index (χ4v) is 2.71. The molecule has 2 aliphatic rings. The Labute approximate surface area is 114 Å². The molecule has 1 aromatic carbocycles. The Morgan fingerprint density at radius 1 is 1.32 bits per heavy atom. The van der Waals surface area contributed by atoms with Crippen molar-refractivity contribution in [1.82, 2.24) is 4.90 Å². The van der Waals surface area contributed by atoms with Crippen molar-refractivity contribution in [3.63, 3.8) is 0 Å². The maximum atomic E-state index is 12.4. The van der Waals surface area contributed by atoms with Gasteiger partial charge in [-0.1, -0.05) is 12.1 Å². The zero-order valence-corrected chi connectivity index (χ0v) is 11.5. The van der Waals surface area contributed by atoms with Crippen molar-refractivity contribution < 1.29 is 9.53 Å². The average molecular weight is 259 g/mol. The lowest BCUT2D eigenvalue weighted by Gasteiger charge is -2.25. The summed E-state index contributed by atoms with van der Waals surface area (Å²) >= 11 is 0. The summed E-state index contributed by atoms with van der Waals surface area (Å²) in [6.07, 6.45) is 3.66. The first-order valence-electron chi connectivity index (χ1n) is 7.18. The number of hydrogen-bond donors (Lipinski definition) is 0. The maximum absolute atomic E-state index is 12.4. The maximum Gasteiger partial charge on any atom is 0.173 e. The van der Waals surface area contributed by atoms with Crippen LogP contribution < -0.4 is 4.74 Å². The van der Waals surface area contributed by atoms with Crippen molar-refractivity contribution in [1.29, 1.82) is 0 Å². The second-order valence-electron chi connectivity index (χ2n) is 5.86. The van der Waals surface area contributed by atoms with Gasteiger partial charge in [0.25, 0.3) is 0 Å². The number of Topliss-reactive ketones (excluding diaryl/α,β-unsaturated/α-hetero) is 1. The van der Waals surface area contributed by atoms with E-state index in [1.54, 1.807) is 0 Å². The molecule has 0 spiro atoms. The first-order chi connectivity index (χ1) is 9.24. The smallest absolute Gasteiger partial charge is 0.173 e. The van der Waals surface area contributed by atoms with Crippen LogP contribution in [-0.4, -0.2) is 37.4 Å². The summed E-state index contributed by atoms with van der Waals surface area (Å²) in [5, 5.41) is 0. The average Bonchev–Trinajstić information content (AvgIpc) is 3.22. The minimum Gasteiger partial charge on any atom is -0.492 e. The second-order valence-corrected chi connectivity index (χ2v) is 5.86. The van der Waals surface area contributed by atoms with Crippen LogP contribution in [0.4, 0.5) is 0 Å². The van der Waals surface area contributed by atoms with Crippen LogP contribution in [-0.2, 0) is 0 Å². The van der Waals surface area contributed by atoms with Gasteiger partial charge in [-0.3, -0.25) is 4.79 Å². The summed E-state index contributed by atoms with van der Waals surface area (Å²) < 4.78 is 5.69. The molecule has 3 rings (SSSR count). The lowest BCUT2D eigenvalue weighted by molar-refractivity contribution is 0.0808. The van der Waals surface area contributed by atoms with Crippen molar-refractivity contribution in [3.05, 3.63) is 29.8 Å². The van der Waals surface area contributed by atoms with Crippen LogP contribution in [0.5, 0.6) is 5.75 Å². The van der Waals surface area contributed by atoms with Gasteiger partial charge in [-0.25, -0.2) is 0 Å². The Morgan fingerprint density at radius 2 is 2.11 bits per heavy atom. The largest absolute Gasteiger partial charge is 0.492 e. The number of benzene rings is 1. The lowest BCUT2D eigenvalue weighted by Crippen LogP contribution is -2.32. The predicted octanol–water partition coefficient (Wildman–Crippen LogP) is 2.61. The van der Waals surface area contributed by atoms with Gasteiger partial charge >= 0.3 is 0 Å². The fraction of sp³-hybridized carbons (Fsp3) is 0.562. The number of carbonyl (C=O) groups is 1. The first kappa shape index (κ1) is 12.7. The Hall–Kier alpha value is -1.35. The number of hydrogen-bond acceptors (Lipinski definition) is 3. The standard InChI is InChI=1S/C16H21NO2/c1-17(10-12-6-7-12)9-8-13-11-19-15-5-3-2-4-14(15)16(13)18/h2-5,12-13H,6-11H2,1H3. The molecule has 1 aliphatic carbocycles. The predicted molar refractivity (Wildman–Crippen MR) is 74.6 cm³/mol. The monoisotopic (exact) mass is 259 g/mol. The van der Waals surface area contributed by atoms with Crippen LogP contribution >= 0.6 is 0 Å². The van der Waals surface area contributed by atoms with Crippen LogP contribution in [0.25, 0.3) is 0 Å². The Bertz CT molecular complexity index is 468. The highest BCUT2D eigenvalue weighted by Crippen LogP contribution is 2.30. The number of rotatable bonds is 5. The van der Waals surface area contributed by atoms with Gasteiger partial charge in [0.2, 0.25) is 0 Å². The minimum atomic E-state index is 0.0246. The van der Waals surface area contributed by atoms with Gasteiger partial charge in [-0.2, -0.15) is 0 Å². The molecule has 19 heavy (non-hydrogen) atoms. The molecule has 0 saturated heterocycles. The van der Waals surface area contributed by atoms with Crippen LogP contribution in [0.3, 0.4) is 0 Å². The van der Waals surface area contributed by atoms with E-state index in [2.05, 4.69) is 11.9 Å². The molecule has 0 bridgehead atoms. The Balaban J connectivity index is 1.56.